The lowest BCUT2D eigenvalue weighted by molar-refractivity contribution is 0.0664. The molecule has 1 aliphatic heterocycles. The Hall–Kier alpha value is -1.55. The fourth-order valence-corrected chi connectivity index (χ4v) is 2.00. The molecule has 1 aromatic rings. The lowest BCUT2D eigenvalue weighted by Crippen LogP contribution is -2.47. The number of nitrogen functional groups attached to an aromatic ring is 1. The van der Waals surface area contributed by atoms with Crippen LogP contribution in [-0.2, 0) is 0 Å². The van der Waals surface area contributed by atoms with Gasteiger partial charge in [-0.3, -0.25) is 4.79 Å². The number of rotatable bonds is 1. The van der Waals surface area contributed by atoms with E-state index in [0.717, 1.165) is 43.0 Å². The largest absolute Gasteiger partial charge is 0.399 e. The minimum Gasteiger partial charge on any atom is -0.399 e. The van der Waals surface area contributed by atoms with Crippen molar-refractivity contribution in [2.24, 2.45) is 0 Å². The Bertz CT molecular complexity index is 423. The molecule has 0 atom stereocenters. The van der Waals surface area contributed by atoms with Crippen molar-refractivity contribution >= 4 is 11.6 Å². The number of carbonyl (C=O) groups excluding carboxylic acids is 1. The van der Waals surface area contributed by atoms with E-state index >= 15 is 0 Å². The Kier molecular flexibility index (Phi) is 5.83. The number of likely N-dealkylation sites (N-methyl/N-ethyl adjacent to an activating group) is 1. The molecule has 1 fully saturated rings. The summed E-state index contributed by atoms with van der Waals surface area (Å²) in [7, 11) is 2.08. The molecular formula is C15H25N3O. The summed E-state index contributed by atoms with van der Waals surface area (Å²) in [5, 5.41) is 0. The van der Waals surface area contributed by atoms with E-state index in [0.29, 0.717) is 0 Å². The second kappa shape index (κ2) is 7.14. The van der Waals surface area contributed by atoms with Crippen LogP contribution in [0.4, 0.5) is 5.69 Å². The van der Waals surface area contributed by atoms with Gasteiger partial charge >= 0.3 is 0 Å². The molecule has 2 rings (SSSR count). The molecule has 0 radical (unpaired) electrons. The highest BCUT2D eigenvalue weighted by Crippen LogP contribution is 2.15. The van der Waals surface area contributed by atoms with Crippen molar-refractivity contribution in [3.63, 3.8) is 0 Å². The molecule has 1 saturated heterocycles. The Morgan fingerprint density at radius 1 is 1.16 bits per heavy atom. The van der Waals surface area contributed by atoms with Crippen molar-refractivity contribution in [1.82, 2.24) is 9.80 Å². The van der Waals surface area contributed by atoms with Crippen molar-refractivity contribution in [1.29, 1.82) is 0 Å². The molecule has 19 heavy (non-hydrogen) atoms. The molecule has 1 amide bonds. The first-order valence-electron chi connectivity index (χ1n) is 6.92. The predicted molar refractivity (Wildman–Crippen MR) is 80.3 cm³/mol. The highest BCUT2D eigenvalue weighted by atomic mass is 16.2. The SMILES string of the molecule is CC.Cc1cc(C(=O)N2CCN(C)CC2)ccc1N. The normalized spacial score (nSPS) is 15.7. The number of anilines is 1. The number of hydrogen-bond acceptors (Lipinski definition) is 3. The summed E-state index contributed by atoms with van der Waals surface area (Å²) < 4.78 is 0. The zero-order chi connectivity index (χ0) is 14.4. The van der Waals surface area contributed by atoms with Crippen LogP contribution < -0.4 is 5.73 Å². The molecule has 1 aromatic carbocycles. The van der Waals surface area contributed by atoms with E-state index in [9.17, 15) is 4.79 Å². The Morgan fingerprint density at radius 2 is 1.74 bits per heavy atom. The van der Waals surface area contributed by atoms with Gasteiger partial charge in [0.05, 0.1) is 0 Å². The molecule has 2 N–H and O–H groups in total. The third-order valence-corrected chi connectivity index (χ3v) is 3.31. The van der Waals surface area contributed by atoms with Crippen LogP contribution in [-0.4, -0.2) is 48.9 Å². The molecule has 106 valence electrons. The number of aryl methyl sites for hydroxylation is 1. The summed E-state index contributed by atoms with van der Waals surface area (Å²) in [6.07, 6.45) is 0. The first-order valence-corrected chi connectivity index (χ1v) is 6.92. The van der Waals surface area contributed by atoms with E-state index in [-0.39, 0.29) is 5.91 Å². The number of nitrogens with two attached hydrogens (primary N) is 1. The monoisotopic (exact) mass is 263 g/mol. The van der Waals surface area contributed by atoms with Crippen LogP contribution in [0.5, 0.6) is 0 Å². The van der Waals surface area contributed by atoms with Crippen LogP contribution >= 0.6 is 0 Å². The molecule has 4 heteroatoms. The summed E-state index contributed by atoms with van der Waals surface area (Å²) in [5.74, 6) is 0.112. The summed E-state index contributed by atoms with van der Waals surface area (Å²) in [6, 6.07) is 5.48. The Labute approximate surface area is 116 Å². The summed E-state index contributed by atoms with van der Waals surface area (Å²) >= 11 is 0. The van der Waals surface area contributed by atoms with Gasteiger partial charge in [-0.05, 0) is 37.7 Å². The smallest absolute Gasteiger partial charge is 0.253 e. The van der Waals surface area contributed by atoms with Crippen molar-refractivity contribution in [2.45, 2.75) is 20.8 Å². The molecule has 0 spiro atoms. The van der Waals surface area contributed by atoms with Gasteiger partial charge < -0.3 is 15.5 Å². The third-order valence-electron chi connectivity index (χ3n) is 3.31. The molecule has 0 aromatic heterocycles. The number of benzene rings is 1. The van der Waals surface area contributed by atoms with Crippen LogP contribution in [0.1, 0.15) is 29.8 Å². The maximum absolute atomic E-state index is 12.2. The van der Waals surface area contributed by atoms with Gasteiger partial charge in [0.15, 0.2) is 0 Å². The maximum Gasteiger partial charge on any atom is 0.253 e. The second-order valence-corrected chi connectivity index (χ2v) is 4.67. The van der Waals surface area contributed by atoms with Crippen molar-refractivity contribution in [2.75, 3.05) is 39.0 Å². The van der Waals surface area contributed by atoms with E-state index in [1.54, 1.807) is 6.07 Å². The van der Waals surface area contributed by atoms with E-state index in [2.05, 4.69) is 11.9 Å². The molecule has 1 heterocycles. The topological polar surface area (TPSA) is 49.6 Å². The zero-order valence-electron chi connectivity index (χ0n) is 12.4. The quantitative estimate of drug-likeness (QED) is 0.788. The van der Waals surface area contributed by atoms with Crippen LogP contribution in [0, 0.1) is 6.92 Å². The maximum atomic E-state index is 12.2. The molecule has 0 unspecified atom stereocenters. The van der Waals surface area contributed by atoms with Crippen LogP contribution in [0.3, 0.4) is 0 Å². The molecule has 0 bridgehead atoms. The lowest BCUT2D eigenvalue weighted by Gasteiger charge is -2.32. The number of hydrogen-bond donors (Lipinski definition) is 1. The van der Waals surface area contributed by atoms with Crippen molar-refractivity contribution in [3.05, 3.63) is 29.3 Å². The average Bonchev–Trinajstić information content (AvgIpc) is 2.44. The van der Waals surface area contributed by atoms with Crippen LogP contribution in [0.25, 0.3) is 0 Å². The van der Waals surface area contributed by atoms with Gasteiger partial charge in [0, 0.05) is 37.4 Å². The van der Waals surface area contributed by atoms with Gasteiger partial charge in [-0.1, -0.05) is 13.8 Å². The molecule has 0 aliphatic carbocycles. The third kappa shape index (κ3) is 3.96. The van der Waals surface area contributed by atoms with Gasteiger partial charge in [0.2, 0.25) is 0 Å². The second-order valence-electron chi connectivity index (χ2n) is 4.67. The highest BCUT2D eigenvalue weighted by Gasteiger charge is 2.20. The molecule has 4 nitrogen and oxygen atoms in total. The van der Waals surface area contributed by atoms with Crippen LogP contribution in [0.15, 0.2) is 18.2 Å². The lowest BCUT2D eigenvalue weighted by atomic mass is 10.1. The van der Waals surface area contributed by atoms with Gasteiger partial charge in [-0.25, -0.2) is 0 Å². The van der Waals surface area contributed by atoms with Gasteiger partial charge in [0.25, 0.3) is 5.91 Å². The van der Waals surface area contributed by atoms with Crippen molar-refractivity contribution in [3.8, 4) is 0 Å². The van der Waals surface area contributed by atoms with E-state index < -0.39 is 0 Å². The number of carbonyl (C=O) groups is 1. The molecular weight excluding hydrogens is 238 g/mol. The summed E-state index contributed by atoms with van der Waals surface area (Å²) in [6.45, 7) is 9.42. The molecule has 1 aliphatic rings. The summed E-state index contributed by atoms with van der Waals surface area (Å²) in [5.41, 5.74) is 8.19. The van der Waals surface area contributed by atoms with Gasteiger partial charge in [0.1, 0.15) is 0 Å². The minimum absolute atomic E-state index is 0.112. The Morgan fingerprint density at radius 3 is 2.26 bits per heavy atom. The van der Waals surface area contributed by atoms with Gasteiger partial charge in [-0.2, -0.15) is 0 Å². The Balaban J connectivity index is 0.000000861. The first-order chi connectivity index (χ1) is 9.08. The fourth-order valence-electron chi connectivity index (χ4n) is 2.00. The van der Waals surface area contributed by atoms with E-state index in [4.69, 9.17) is 5.73 Å². The van der Waals surface area contributed by atoms with Gasteiger partial charge in [-0.15, -0.1) is 0 Å². The number of piperazine rings is 1. The predicted octanol–water partition coefficient (Wildman–Crippen LogP) is 1.99. The average molecular weight is 263 g/mol. The highest BCUT2D eigenvalue weighted by molar-refractivity contribution is 5.95. The number of amides is 1. The van der Waals surface area contributed by atoms with Crippen molar-refractivity contribution < 1.29 is 4.79 Å². The van der Waals surface area contributed by atoms with E-state index in [1.165, 1.54) is 0 Å². The minimum atomic E-state index is 0.112. The standard InChI is InChI=1S/C13H19N3O.C2H6/c1-10-9-11(3-4-12(10)14)13(17)16-7-5-15(2)6-8-16;1-2/h3-4,9H,5-8,14H2,1-2H3;1-2H3. The zero-order valence-corrected chi connectivity index (χ0v) is 12.4. The number of nitrogens with zero attached hydrogens (tertiary/aromatic N) is 2. The fraction of sp³-hybridized carbons (Fsp3) is 0.533. The van der Waals surface area contributed by atoms with E-state index in [1.807, 2.05) is 37.8 Å². The first kappa shape index (κ1) is 15.5. The summed E-state index contributed by atoms with van der Waals surface area (Å²) in [4.78, 5) is 16.4. The molecule has 0 saturated carbocycles. The van der Waals surface area contributed by atoms with Crippen LogP contribution in [0.2, 0.25) is 0 Å².